The van der Waals surface area contributed by atoms with Gasteiger partial charge in [-0.15, -0.1) is 0 Å². The van der Waals surface area contributed by atoms with E-state index in [1.54, 1.807) is 0 Å². The van der Waals surface area contributed by atoms with Crippen LogP contribution in [0, 0.1) is 11.3 Å². The highest BCUT2D eigenvalue weighted by Crippen LogP contribution is 2.39. The molecule has 43 heavy (non-hydrogen) atoms. The minimum Gasteiger partial charge on any atom is -0.247 e. The average Bonchev–Trinajstić information content (AvgIpc) is 2.96. The van der Waals surface area contributed by atoms with Crippen molar-refractivity contribution in [1.29, 1.82) is 0 Å². The number of hydrogen-bond acceptors (Lipinski definition) is 6. The fourth-order valence-corrected chi connectivity index (χ4v) is 6.02. The Morgan fingerprint density at radius 1 is 0.581 bits per heavy atom. The summed E-state index contributed by atoms with van der Waals surface area (Å²) in [5, 5.41) is 0. The van der Waals surface area contributed by atoms with Gasteiger partial charge in [-0.1, -0.05) is 151 Å². The minimum absolute atomic E-state index is 0.306. The average molecular weight is 613 g/mol. The van der Waals surface area contributed by atoms with Gasteiger partial charge < -0.3 is 0 Å². The Kier molecular flexibility index (Phi) is 28.8. The fourth-order valence-electron chi connectivity index (χ4n) is 6.02. The summed E-state index contributed by atoms with van der Waals surface area (Å²) < 4.78 is 0. The summed E-state index contributed by atoms with van der Waals surface area (Å²) in [6.07, 6.45) is 28.5. The lowest BCUT2D eigenvalue weighted by Gasteiger charge is -2.37. The molecule has 1 saturated carbocycles. The van der Waals surface area contributed by atoms with Crippen molar-refractivity contribution >= 4 is 11.9 Å². The summed E-state index contributed by atoms with van der Waals surface area (Å²) in [5.41, 5.74) is 0.413. The molecule has 0 aromatic rings. The van der Waals surface area contributed by atoms with Crippen LogP contribution in [-0.2, 0) is 29.1 Å². The van der Waals surface area contributed by atoms with E-state index in [1.165, 1.54) is 83.5 Å². The molecule has 0 radical (unpaired) electrons. The first-order chi connectivity index (χ1) is 20.7. The minimum atomic E-state index is -0.427. The Bertz CT molecular complexity index is 601. The molecule has 0 spiro atoms. The van der Waals surface area contributed by atoms with Gasteiger partial charge in [0.2, 0.25) is 0 Å². The van der Waals surface area contributed by atoms with E-state index in [-0.39, 0.29) is 0 Å². The van der Waals surface area contributed by atoms with Gasteiger partial charge in [0.1, 0.15) is 0 Å². The van der Waals surface area contributed by atoms with Crippen molar-refractivity contribution in [3.8, 4) is 0 Å². The molecule has 0 aromatic carbocycles. The molecule has 0 saturated heterocycles. The molecule has 1 aliphatic rings. The van der Waals surface area contributed by atoms with Gasteiger partial charge in [0.25, 0.3) is 0 Å². The Labute approximate surface area is 267 Å². The molecular formula is C37H72O6. The van der Waals surface area contributed by atoms with E-state index in [0.29, 0.717) is 24.4 Å². The third-order valence-electron chi connectivity index (χ3n) is 8.33. The number of rotatable bonds is 25. The third-order valence-corrected chi connectivity index (χ3v) is 8.33. The van der Waals surface area contributed by atoms with Crippen LogP contribution in [-0.4, -0.2) is 24.6 Å². The van der Waals surface area contributed by atoms with Crippen LogP contribution in [0.1, 0.15) is 202 Å². The van der Waals surface area contributed by atoms with E-state index in [2.05, 4.69) is 51.3 Å². The van der Waals surface area contributed by atoms with Gasteiger partial charge >= 0.3 is 11.9 Å². The highest BCUT2D eigenvalue weighted by Gasteiger charge is 2.33. The van der Waals surface area contributed by atoms with Crippen LogP contribution in [0.4, 0.5) is 0 Å². The molecule has 0 aliphatic heterocycles. The molecule has 0 bridgehead atoms. The maximum Gasteiger partial charge on any atom is 0.355 e. The first-order valence-electron chi connectivity index (χ1n) is 18.4. The summed E-state index contributed by atoms with van der Waals surface area (Å²) in [4.78, 5) is 43.1. The number of unbranched alkanes of at least 4 members (excludes halogenated alkanes) is 17. The fraction of sp³-hybridized carbons (Fsp3) is 0.946. The molecular weight excluding hydrogens is 540 g/mol. The molecule has 256 valence electrons. The van der Waals surface area contributed by atoms with Crippen LogP contribution in [0.15, 0.2) is 0 Å². The first kappa shape index (κ1) is 41.9. The van der Waals surface area contributed by atoms with Crippen LogP contribution in [0.2, 0.25) is 0 Å². The molecule has 0 heterocycles. The molecule has 1 fully saturated rings. The molecule has 2 atom stereocenters. The molecule has 1 aliphatic carbocycles. The van der Waals surface area contributed by atoms with Gasteiger partial charge in [-0.2, -0.15) is 0 Å². The van der Waals surface area contributed by atoms with Crippen LogP contribution in [0.5, 0.6) is 0 Å². The van der Waals surface area contributed by atoms with Crippen LogP contribution in [0.3, 0.4) is 0 Å². The van der Waals surface area contributed by atoms with E-state index in [4.69, 9.17) is 9.78 Å². The van der Waals surface area contributed by atoms with Gasteiger partial charge in [-0.3, -0.25) is 0 Å². The lowest BCUT2D eigenvalue weighted by molar-refractivity contribution is -0.335. The highest BCUT2D eigenvalue weighted by atomic mass is 17.2. The molecule has 0 aromatic heterocycles. The second-order valence-electron chi connectivity index (χ2n) is 13.9. The smallest absolute Gasteiger partial charge is 0.247 e. The van der Waals surface area contributed by atoms with Gasteiger partial charge in [-0.05, 0) is 49.9 Å². The second kappa shape index (κ2) is 29.6. The number of carbonyl (C=O) groups excluding carboxylic acids is 2. The zero-order chi connectivity index (χ0) is 32.0. The monoisotopic (exact) mass is 613 g/mol. The highest BCUT2D eigenvalue weighted by molar-refractivity contribution is 5.72. The van der Waals surface area contributed by atoms with Crippen molar-refractivity contribution < 1.29 is 29.1 Å². The van der Waals surface area contributed by atoms with E-state index in [1.807, 2.05) is 0 Å². The van der Waals surface area contributed by atoms with E-state index < -0.39 is 11.9 Å². The first-order valence-corrected chi connectivity index (χ1v) is 18.4. The molecule has 2 unspecified atom stereocenters. The molecule has 1 rings (SSSR count). The SMILES string of the molecule is CCCCCCCCCCCC(=O)OOC(=O)CCCCCCCCCCC.CCCCOOC1CC(C)CC(C)(C)C1. The van der Waals surface area contributed by atoms with Crippen molar-refractivity contribution in [3.63, 3.8) is 0 Å². The third kappa shape index (κ3) is 29.3. The van der Waals surface area contributed by atoms with E-state index in [0.717, 1.165) is 76.7 Å². The summed E-state index contributed by atoms with van der Waals surface area (Å²) in [6, 6.07) is 0. The van der Waals surface area contributed by atoms with Crippen LogP contribution < -0.4 is 0 Å². The quantitative estimate of drug-likeness (QED) is 0.0580. The maximum absolute atomic E-state index is 11.6. The van der Waals surface area contributed by atoms with Crippen LogP contribution >= 0.6 is 0 Å². The largest absolute Gasteiger partial charge is 0.355 e. The number of carbonyl (C=O) groups is 2. The van der Waals surface area contributed by atoms with Crippen molar-refractivity contribution in [3.05, 3.63) is 0 Å². The zero-order valence-corrected chi connectivity index (χ0v) is 29.5. The normalized spacial score (nSPS) is 17.6. The molecule has 6 nitrogen and oxygen atoms in total. The van der Waals surface area contributed by atoms with Crippen molar-refractivity contribution in [1.82, 2.24) is 0 Å². The van der Waals surface area contributed by atoms with Gasteiger partial charge in [-0.25, -0.2) is 29.1 Å². The Balaban J connectivity index is 0.000000981. The van der Waals surface area contributed by atoms with Crippen LogP contribution in [0.25, 0.3) is 0 Å². The topological polar surface area (TPSA) is 71.1 Å². The van der Waals surface area contributed by atoms with E-state index in [9.17, 15) is 9.59 Å². The summed E-state index contributed by atoms with van der Waals surface area (Å²) in [5.74, 6) is -0.0970. The predicted molar refractivity (Wildman–Crippen MR) is 178 cm³/mol. The molecule has 0 amide bonds. The van der Waals surface area contributed by atoms with Gasteiger partial charge in [0, 0.05) is 0 Å². The van der Waals surface area contributed by atoms with Crippen molar-refractivity contribution in [2.45, 2.75) is 208 Å². The van der Waals surface area contributed by atoms with E-state index >= 15 is 0 Å². The lowest BCUT2D eigenvalue weighted by Crippen LogP contribution is -2.32. The Hall–Kier alpha value is -1.14. The molecule has 6 heteroatoms. The van der Waals surface area contributed by atoms with Crippen molar-refractivity contribution in [2.75, 3.05) is 6.61 Å². The van der Waals surface area contributed by atoms with Gasteiger partial charge in [0.15, 0.2) is 0 Å². The maximum atomic E-state index is 11.6. The molecule has 0 N–H and O–H groups in total. The predicted octanol–water partition coefficient (Wildman–Crippen LogP) is 11.8. The summed E-state index contributed by atoms with van der Waals surface area (Å²) in [6.45, 7) is 14.3. The Morgan fingerprint density at radius 2 is 0.977 bits per heavy atom. The number of hydrogen-bond donors (Lipinski definition) is 0. The summed E-state index contributed by atoms with van der Waals surface area (Å²) >= 11 is 0. The second-order valence-corrected chi connectivity index (χ2v) is 13.9. The Morgan fingerprint density at radius 3 is 1.37 bits per heavy atom. The zero-order valence-electron chi connectivity index (χ0n) is 29.5. The summed E-state index contributed by atoms with van der Waals surface area (Å²) in [7, 11) is 0. The van der Waals surface area contributed by atoms with Crippen molar-refractivity contribution in [2.24, 2.45) is 11.3 Å². The van der Waals surface area contributed by atoms with Gasteiger partial charge in [0.05, 0.1) is 25.6 Å². The lowest BCUT2D eigenvalue weighted by atomic mass is 9.71. The standard InChI is InChI=1S/C24H46O4.C13H26O2/c1-3-5-7-9-11-13-15-17-19-21-23(25)27-28-24(26)22-20-18-16-14-12-10-8-6-4-2;1-5-6-7-14-15-12-8-11(2)9-13(3,4)10-12/h3-22H2,1-2H3;11-12H,5-10H2,1-4H3.